The molecule has 0 aliphatic rings. The molecule has 0 aromatic heterocycles. The van der Waals surface area contributed by atoms with Gasteiger partial charge in [-0.2, -0.15) is 4.31 Å². The lowest BCUT2D eigenvalue weighted by molar-refractivity contribution is -0.121. The van der Waals surface area contributed by atoms with Crippen molar-refractivity contribution >= 4 is 26.7 Å². The van der Waals surface area contributed by atoms with Crippen LogP contribution in [0.3, 0.4) is 0 Å². The normalized spacial score (nSPS) is 11.7. The van der Waals surface area contributed by atoms with Gasteiger partial charge in [0.05, 0.1) is 11.4 Å². The zero-order chi connectivity index (χ0) is 20.1. The third-order valence-electron chi connectivity index (χ3n) is 4.69. The van der Waals surface area contributed by atoms with Crippen LogP contribution < -0.4 is 5.32 Å². The average Bonchev–Trinajstić information content (AvgIpc) is 2.68. The van der Waals surface area contributed by atoms with Crippen molar-refractivity contribution in [2.75, 3.05) is 20.1 Å². The highest BCUT2D eigenvalue weighted by molar-refractivity contribution is 7.89. The Labute approximate surface area is 166 Å². The van der Waals surface area contributed by atoms with Crippen molar-refractivity contribution in [1.29, 1.82) is 0 Å². The average molecular weight is 397 g/mol. The van der Waals surface area contributed by atoms with E-state index in [1.165, 1.54) is 12.4 Å². The fourth-order valence-corrected chi connectivity index (χ4v) is 4.21. The number of sulfonamides is 1. The summed E-state index contributed by atoms with van der Waals surface area (Å²) in [4.78, 5) is 12.4. The quantitative estimate of drug-likeness (QED) is 0.667. The molecule has 3 aromatic rings. The summed E-state index contributed by atoms with van der Waals surface area (Å²) in [6, 6.07) is 20.8. The Morgan fingerprint density at radius 3 is 2.39 bits per heavy atom. The standard InChI is InChI=1S/C22H24N2O3S/c1-17-10-12-20(13-11-17)28(26,27)24(2)16-22(25)23-15-14-19-8-5-7-18-6-3-4-9-21(18)19/h3-13H,14-16H2,1-2H3,(H,23,25). The molecular formula is C22H24N2O3S. The van der Waals surface area contributed by atoms with Crippen molar-refractivity contribution < 1.29 is 13.2 Å². The first kappa shape index (κ1) is 20.0. The summed E-state index contributed by atoms with van der Waals surface area (Å²) in [5.41, 5.74) is 2.13. The number of aryl methyl sites for hydroxylation is 1. The van der Waals surface area contributed by atoms with Gasteiger partial charge in [-0.05, 0) is 41.8 Å². The molecule has 1 N–H and O–H groups in total. The summed E-state index contributed by atoms with van der Waals surface area (Å²) < 4.78 is 26.2. The predicted octanol–water partition coefficient (Wildman–Crippen LogP) is 3.13. The monoisotopic (exact) mass is 396 g/mol. The molecule has 0 aliphatic heterocycles. The Morgan fingerprint density at radius 2 is 1.64 bits per heavy atom. The molecule has 28 heavy (non-hydrogen) atoms. The first-order chi connectivity index (χ1) is 13.4. The molecule has 146 valence electrons. The first-order valence-corrected chi connectivity index (χ1v) is 10.6. The van der Waals surface area contributed by atoms with E-state index in [-0.39, 0.29) is 17.3 Å². The van der Waals surface area contributed by atoms with E-state index in [2.05, 4.69) is 23.5 Å². The summed E-state index contributed by atoms with van der Waals surface area (Å²) in [7, 11) is -2.27. The largest absolute Gasteiger partial charge is 0.355 e. The molecule has 0 radical (unpaired) electrons. The summed E-state index contributed by atoms with van der Waals surface area (Å²) in [5, 5.41) is 5.14. The lowest BCUT2D eigenvalue weighted by Crippen LogP contribution is -2.39. The van der Waals surface area contributed by atoms with Gasteiger partial charge in [0.1, 0.15) is 0 Å². The van der Waals surface area contributed by atoms with E-state index >= 15 is 0 Å². The number of nitrogens with zero attached hydrogens (tertiary/aromatic N) is 1. The van der Waals surface area contributed by atoms with E-state index in [0.717, 1.165) is 20.8 Å². The van der Waals surface area contributed by atoms with E-state index in [4.69, 9.17) is 0 Å². The van der Waals surface area contributed by atoms with Crippen LogP contribution in [-0.4, -0.2) is 38.8 Å². The molecule has 1 amide bonds. The van der Waals surface area contributed by atoms with Gasteiger partial charge in [-0.15, -0.1) is 0 Å². The molecule has 0 fully saturated rings. The minimum absolute atomic E-state index is 0.184. The van der Waals surface area contributed by atoms with E-state index < -0.39 is 10.0 Å². The smallest absolute Gasteiger partial charge is 0.243 e. The van der Waals surface area contributed by atoms with Gasteiger partial charge in [-0.1, -0.05) is 60.2 Å². The molecule has 0 spiro atoms. The lowest BCUT2D eigenvalue weighted by Gasteiger charge is -2.17. The third kappa shape index (κ3) is 4.58. The van der Waals surface area contributed by atoms with Crippen LogP contribution in [0.1, 0.15) is 11.1 Å². The molecule has 0 bridgehead atoms. The summed E-state index contributed by atoms with van der Waals surface area (Å²) in [5.74, 6) is -0.321. The van der Waals surface area contributed by atoms with Crippen LogP contribution in [0.15, 0.2) is 71.6 Å². The molecule has 0 heterocycles. The molecule has 3 rings (SSSR count). The van der Waals surface area contributed by atoms with E-state index in [9.17, 15) is 13.2 Å². The van der Waals surface area contributed by atoms with Gasteiger partial charge < -0.3 is 5.32 Å². The lowest BCUT2D eigenvalue weighted by atomic mass is 10.0. The number of benzene rings is 3. The Balaban J connectivity index is 1.57. The predicted molar refractivity (Wildman–Crippen MR) is 112 cm³/mol. The Morgan fingerprint density at radius 1 is 0.964 bits per heavy atom. The molecule has 0 saturated heterocycles. The molecule has 0 saturated carbocycles. The summed E-state index contributed by atoms with van der Waals surface area (Å²) in [6.07, 6.45) is 0.682. The van der Waals surface area contributed by atoms with Crippen molar-refractivity contribution in [3.8, 4) is 0 Å². The van der Waals surface area contributed by atoms with Crippen molar-refractivity contribution in [3.63, 3.8) is 0 Å². The van der Waals surface area contributed by atoms with Gasteiger partial charge in [0.25, 0.3) is 0 Å². The maximum atomic E-state index is 12.6. The van der Waals surface area contributed by atoms with Crippen LogP contribution in [0.4, 0.5) is 0 Å². The molecule has 0 unspecified atom stereocenters. The zero-order valence-electron chi connectivity index (χ0n) is 16.1. The Bertz CT molecular complexity index is 1070. The number of hydrogen-bond acceptors (Lipinski definition) is 3. The number of nitrogens with one attached hydrogen (secondary N) is 1. The van der Waals surface area contributed by atoms with Crippen molar-refractivity contribution in [2.24, 2.45) is 0 Å². The van der Waals surface area contributed by atoms with Crippen molar-refractivity contribution in [2.45, 2.75) is 18.2 Å². The second-order valence-corrected chi connectivity index (χ2v) is 8.86. The van der Waals surface area contributed by atoms with Gasteiger partial charge in [0.2, 0.25) is 15.9 Å². The van der Waals surface area contributed by atoms with E-state index in [1.54, 1.807) is 24.3 Å². The fourth-order valence-electron chi connectivity index (χ4n) is 3.08. The molecule has 0 aliphatic carbocycles. The van der Waals surface area contributed by atoms with Gasteiger partial charge in [-0.25, -0.2) is 8.42 Å². The number of fused-ring (bicyclic) bond motifs is 1. The van der Waals surface area contributed by atoms with Gasteiger partial charge in [0, 0.05) is 13.6 Å². The number of carbonyl (C=O) groups is 1. The Kier molecular flexibility index (Phi) is 6.11. The van der Waals surface area contributed by atoms with Crippen LogP contribution in [0.2, 0.25) is 0 Å². The highest BCUT2D eigenvalue weighted by Gasteiger charge is 2.22. The third-order valence-corrected chi connectivity index (χ3v) is 6.51. The van der Waals surface area contributed by atoms with Crippen molar-refractivity contribution in [1.82, 2.24) is 9.62 Å². The SMILES string of the molecule is Cc1ccc(S(=O)(=O)N(C)CC(=O)NCCc2cccc3ccccc23)cc1. The van der Waals surface area contributed by atoms with Crippen LogP contribution in [0.5, 0.6) is 0 Å². The minimum atomic E-state index is -3.68. The van der Waals surface area contributed by atoms with E-state index in [1.807, 2.05) is 31.2 Å². The minimum Gasteiger partial charge on any atom is -0.355 e. The maximum absolute atomic E-state index is 12.6. The number of amides is 1. The van der Waals surface area contributed by atoms with Crippen molar-refractivity contribution in [3.05, 3.63) is 77.9 Å². The summed E-state index contributed by atoms with van der Waals surface area (Å²) in [6.45, 7) is 2.13. The first-order valence-electron chi connectivity index (χ1n) is 9.14. The molecule has 3 aromatic carbocycles. The second kappa shape index (κ2) is 8.54. The molecule has 5 nitrogen and oxygen atoms in total. The number of hydrogen-bond donors (Lipinski definition) is 1. The molecule has 0 atom stereocenters. The van der Waals surface area contributed by atoms with Crippen LogP contribution in [0, 0.1) is 6.92 Å². The van der Waals surface area contributed by atoms with Crippen LogP contribution in [-0.2, 0) is 21.2 Å². The number of carbonyl (C=O) groups excluding carboxylic acids is 1. The topological polar surface area (TPSA) is 66.5 Å². The fraction of sp³-hybridized carbons (Fsp3) is 0.227. The molecular weight excluding hydrogens is 372 g/mol. The maximum Gasteiger partial charge on any atom is 0.243 e. The van der Waals surface area contributed by atoms with Crippen LogP contribution >= 0.6 is 0 Å². The number of rotatable bonds is 7. The summed E-state index contributed by atoms with van der Waals surface area (Å²) >= 11 is 0. The van der Waals surface area contributed by atoms with Gasteiger partial charge in [-0.3, -0.25) is 4.79 Å². The second-order valence-electron chi connectivity index (χ2n) is 6.81. The Hall–Kier alpha value is -2.70. The highest BCUT2D eigenvalue weighted by Crippen LogP contribution is 2.18. The van der Waals surface area contributed by atoms with Crippen LogP contribution in [0.25, 0.3) is 10.8 Å². The van der Waals surface area contributed by atoms with Gasteiger partial charge >= 0.3 is 0 Å². The number of likely N-dealkylation sites (N-methyl/N-ethyl adjacent to an activating group) is 1. The zero-order valence-corrected chi connectivity index (χ0v) is 16.9. The highest BCUT2D eigenvalue weighted by atomic mass is 32.2. The molecule has 6 heteroatoms. The van der Waals surface area contributed by atoms with E-state index in [0.29, 0.717) is 13.0 Å². The van der Waals surface area contributed by atoms with Gasteiger partial charge in [0.15, 0.2) is 0 Å².